The molecule has 2 N–H and O–H groups in total. The summed E-state index contributed by atoms with van der Waals surface area (Å²) in [4.78, 5) is 28.8. The van der Waals surface area contributed by atoms with Crippen LogP contribution in [0, 0.1) is 0 Å². The molecule has 148 valence electrons. The van der Waals surface area contributed by atoms with Crippen molar-refractivity contribution in [3.63, 3.8) is 0 Å². The van der Waals surface area contributed by atoms with E-state index in [4.69, 9.17) is 0 Å². The fourth-order valence-electron chi connectivity index (χ4n) is 3.32. The van der Waals surface area contributed by atoms with Gasteiger partial charge in [-0.25, -0.2) is 10.1 Å². The number of rotatable bonds is 5. The molecule has 0 aliphatic carbocycles. The van der Waals surface area contributed by atoms with E-state index in [0.717, 1.165) is 4.57 Å². The molecule has 9 heteroatoms. The summed E-state index contributed by atoms with van der Waals surface area (Å²) in [6.07, 6.45) is 0. The van der Waals surface area contributed by atoms with Crippen LogP contribution in [0.5, 0.6) is 0 Å². The minimum atomic E-state index is -2.75. The summed E-state index contributed by atoms with van der Waals surface area (Å²) in [5.41, 5.74) is 0.476. The Hall–Kier alpha value is -3.62. The highest BCUT2D eigenvalue weighted by atomic mass is 19.3. The summed E-state index contributed by atoms with van der Waals surface area (Å²) in [5.74, 6) is -0.806. The van der Waals surface area contributed by atoms with Crippen molar-refractivity contribution in [3.8, 4) is 0 Å². The number of hydrogen-bond acceptors (Lipinski definition) is 4. The summed E-state index contributed by atoms with van der Waals surface area (Å²) in [7, 11) is 0. The zero-order valence-electron chi connectivity index (χ0n) is 15.4. The molecular weight excluding hydrogens is 380 g/mol. The van der Waals surface area contributed by atoms with Crippen LogP contribution in [0.15, 0.2) is 53.3 Å². The minimum absolute atomic E-state index is 0.0646. The Morgan fingerprint density at radius 2 is 1.83 bits per heavy atom. The zero-order valence-corrected chi connectivity index (χ0v) is 15.4. The van der Waals surface area contributed by atoms with Crippen LogP contribution in [0.2, 0.25) is 0 Å². The topological polar surface area (TPSA) is 92.7 Å². The van der Waals surface area contributed by atoms with Gasteiger partial charge in [0.05, 0.1) is 16.4 Å². The lowest BCUT2D eigenvalue weighted by atomic mass is 10.1. The summed E-state index contributed by atoms with van der Waals surface area (Å²) in [5, 5.41) is 9.61. The van der Waals surface area contributed by atoms with E-state index < -0.39 is 23.9 Å². The Morgan fingerprint density at radius 3 is 2.59 bits per heavy atom. The van der Waals surface area contributed by atoms with Gasteiger partial charge in [0.15, 0.2) is 5.69 Å². The van der Waals surface area contributed by atoms with Gasteiger partial charge in [0.2, 0.25) is 0 Å². The number of nitrogens with one attached hydrogen (secondary N) is 2. The van der Waals surface area contributed by atoms with Crippen molar-refractivity contribution >= 4 is 27.7 Å². The van der Waals surface area contributed by atoms with Gasteiger partial charge in [-0.3, -0.25) is 14.2 Å². The fourth-order valence-corrected chi connectivity index (χ4v) is 3.32. The normalized spacial score (nSPS) is 12.6. The highest BCUT2D eigenvalue weighted by Gasteiger charge is 2.23. The van der Waals surface area contributed by atoms with Crippen molar-refractivity contribution in [2.45, 2.75) is 19.4 Å². The van der Waals surface area contributed by atoms with Crippen LogP contribution in [0.1, 0.15) is 35.7 Å². The summed E-state index contributed by atoms with van der Waals surface area (Å²) >= 11 is 0. The predicted octanol–water partition coefficient (Wildman–Crippen LogP) is 3.20. The molecule has 0 saturated carbocycles. The van der Waals surface area contributed by atoms with Gasteiger partial charge in [0.1, 0.15) is 5.82 Å². The summed E-state index contributed by atoms with van der Waals surface area (Å²) < 4.78 is 28.1. The first-order valence-corrected chi connectivity index (χ1v) is 8.98. The summed E-state index contributed by atoms with van der Waals surface area (Å²) in [6, 6.07) is 13.3. The van der Waals surface area contributed by atoms with Crippen molar-refractivity contribution in [1.29, 1.82) is 0 Å². The molecule has 0 radical (unpaired) electrons. The molecule has 1 amide bonds. The van der Waals surface area contributed by atoms with Crippen molar-refractivity contribution in [1.82, 2.24) is 25.1 Å². The number of nitrogens with zero attached hydrogens (tertiary/aromatic N) is 3. The Morgan fingerprint density at radius 1 is 1.14 bits per heavy atom. The van der Waals surface area contributed by atoms with Crippen molar-refractivity contribution in [3.05, 3.63) is 70.4 Å². The fraction of sp³-hybridized carbons (Fsp3) is 0.200. The van der Waals surface area contributed by atoms with Gasteiger partial charge in [0.25, 0.3) is 11.5 Å². The molecule has 2 aromatic carbocycles. The molecule has 4 aromatic rings. The monoisotopic (exact) mass is 397 g/mol. The Balaban J connectivity index is 1.60. The molecule has 29 heavy (non-hydrogen) atoms. The number of H-pyrrole nitrogens is 1. The Labute approximate surface area is 163 Å². The molecule has 0 spiro atoms. The van der Waals surface area contributed by atoms with E-state index in [2.05, 4.69) is 20.5 Å². The number of halogens is 2. The number of imidazole rings is 1. The number of carbonyl (C=O) groups is 1. The number of aromatic amines is 1. The number of carbonyl (C=O) groups excluding carboxylic acids is 1. The van der Waals surface area contributed by atoms with E-state index in [0.29, 0.717) is 21.8 Å². The van der Waals surface area contributed by atoms with E-state index in [1.807, 2.05) is 0 Å². The SMILES string of the molecule is C[C@H](CNC(=O)c1n[nH]c(=O)c2ccccc12)c1nc2ccccc2n1C(F)F. The smallest absolute Gasteiger partial charge is 0.320 e. The number of hydrogen-bond donors (Lipinski definition) is 2. The molecule has 0 bridgehead atoms. The first kappa shape index (κ1) is 18.7. The number of aromatic nitrogens is 4. The van der Waals surface area contributed by atoms with Crippen LogP contribution < -0.4 is 10.9 Å². The highest BCUT2D eigenvalue weighted by molar-refractivity contribution is 6.04. The zero-order chi connectivity index (χ0) is 20.5. The van der Waals surface area contributed by atoms with Gasteiger partial charge < -0.3 is 5.32 Å². The first-order valence-electron chi connectivity index (χ1n) is 8.98. The molecule has 7 nitrogen and oxygen atoms in total. The molecule has 1 atom stereocenters. The second-order valence-corrected chi connectivity index (χ2v) is 6.66. The number of para-hydroxylation sites is 2. The van der Waals surface area contributed by atoms with Crippen LogP contribution in [-0.2, 0) is 0 Å². The molecule has 0 fully saturated rings. The molecule has 0 aliphatic heterocycles. The van der Waals surface area contributed by atoms with E-state index in [1.165, 1.54) is 0 Å². The largest absolute Gasteiger partial charge is 0.350 e. The molecule has 0 aliphatic rings. The first-order chi connectivity index (χ1) is 14.0. The molecule has 2 heterocycles. The Kier molecular flexibility index (Phi) is 4.79. The highest BCUT2D eigenvalue weighted by Crippen LogP contribution is 2.27. The van der Waals surface area contributed by atoms with Crippen molar-refractivity contribution in [2.75, 3.05) is 6.54 Å². The van der Waals surface area contributed by atoms with Gasteiger partial charge in [-0.1, -0.05) is 37.3 Å². The average molecular weight is 397 g/mol. The van der Waals surface area contributed by atoms with Gasteiger partial charge in [0, 0.05) is 17.8 Å². The van der Waals surface area contributed by atoms with E-state index in [1.54, 1.807) is 55.5 Å². The maximum absolute atomic E-state index is 13.6. The minimum Gasteiger partial charge on any atom is -0.350 e. The molecule has 4 rings (SSSR count). The van der Waals surface area contributed by atoms with Gasteiger partial charge in [-0.2, -0.15) is 13.9 Å². The maximum atomic E-state index is 13.6. The van der Waals surface area contributed by atoms with Crippen LogP contribution >= 0.6 is 0 Å². The number of benzene rings is 2. The van der Waals surface area contributed by atoms with Gasteiger partial charge >= 0.3 is 6.55 Å². The third-order valence-electron chi connectivity index (χ3n) is 4.74. The van der Waals surface area contributed by atoms with Gasteiger partial charge in [-0.15, -0.1) is 0 Å². The quantitative estimate of drug-likeness (QED) is 0.541. The lowest BCUT2D eigenvalue weighted by Gasteiger charge is -2.15. The average Bonchev–Trinajstić information content (AvgIpc) is 3.12. The van der Waals surface area contributed by atoms with Crippen molar-refractivity contribution < 1.29 is 13.6 Å². The number of alkyl halides is 2. The standard InChI is InChI=1S/C20H17F2N5O2/c1-11(17-24-14-8-4-5-9-15(14)27(17)20(21)22)10-23-19(29)16-12-6-2-3-7-13(12)18(28)26-25-16/h2-9,11,20H,10H2,1H3,(H,23,29)(H,26,28)/t11-/m1/s1. The predicted molar refractivity (Wildman–Crippen MR) is 104 cm³/mol. The second-order valence-electron chi connectivity index (χ2n) is 6.66. The maximum Gasteiger partial charge on any atom is 0.320 e. The molecular formula is C20H17F2N5O2. The molecule has 0 saturated heterocycles. The van der Waals surface area contributed by atoms with E-state index in [9.17, 15) is 18.4 Å². The lowest BCUT2D eigenvalue weighted by molar-refractivity contribution is 0.0704. The van der Waals surface area contributed by atoms with Crippen LogP contribution in [0.25, 0.3) is 21.8 Å². The third kappa shape index (κ3) is 3.35. The van der Waals surface area contributed by atoms with Crippen LogP contribution in [0.4, 0.5) is 8.78 Å². The van der Waals surface area contributed by atoms with E-state index >= 15 is 0 Å². The second kappa shape index (κ2) is 7.42. The molecule has 2 aromatic heterocycles. The number of fused-ring (bicyclic) bond motifs is 2. The van der Waals surface area contributed by atoms with E-state index in [-0.39, 0.29) is 18.1 Å². The van der Waals surface area contributed by atoms with Crippen LogP contribution in [-0.4, -0.2) is 32.2 Å². The third-order valence-corrected chi connectivity index (χ3v) is 4.74. The Bertz CT molecular complexity index is 1260. The molecule has 0 unspecified atom stereocenters. The van der Waals surface area contributed by atoms with Crippen LogP contribution in [0.3, 0.4) is 0 Å². The van der Waals surface area contributed by atoms with Gasteiger partial charge in [-0.05, 0) is 18.2 Å². The number of amides is 1. The summed E-state index contributed by atoms with van der Waals surface area (Å²) in [6.45, 7) is -0.969. The van der Waals surface area contributed by atoms with Crippen molar-refractivity contribution in [2.24, 2.45) is 0 Å². The lowest BCUT2D eigenvalue weighted by Crippen LogP contribution is -2.30.